The van der Waals surface area contributed by atoms with Gasteiger partial charge in [0, 0.05) is 6.61 Å². The lowest BCUT2D eigenvalue weighted by molar-refractivity contribution is 0.0643. The maximum Gasteiger partial charge on any atom is 0.509 e. The molecule has 2 aliphatic heterocycles. The van der Waals surface area contributed by atoms with Crippen molar-refractivity contribution in [1.82, 2.24) is 0 Å². The summed E-state index contributed by atoms with van der Waals surface area (Å²) < 4.78 is 14.7. The van der Waals surface area contributed by atoms with Crippen LogP contribution in [0, 0.1) is 6.10 Å². The molecule has 2 saturated heterocycles. The van der Waals surface area contributed by atoms with Crippen LogP contribution in [0.25, 0.3) is 0 Å². The van der Waals surface area contributed by atoms with Crippen LogP contribution in [-0.2, 0) is 14.2 Å². The molecule has 0 amide bonds. The van der Waals surface area contributed by atoms with Crippen molar-refractivity contribution in [3.8, 4) is 0 Å². The van der Waals surface area contributed by atoms with Crippen molar-refractivity contribution in [2.75, 3.05) is 13.2 Å². The summed E-state index contributed by atoms with van der Waals surface area (Å²) in [6, 6.07) is 0. The molecule has 2 heterocycles. The molecule has 0 aliphatic carbocycles. The number of carbonyl (C=O) groups excluding carboxylic acids is 1. The molecule has 0 aromatic rings. The molecule has 2 fully saturated rings. The lowest BCUT2D eigenvalue weighted by Gasteiger charge is -2.11. The molecule has 1 atom stereocenters. The Hall–Kier alpha value is -0.770. The monoisotopic (exact) mass is 157 g/mol. The van der Waals surface area contributed by atoms with E-state index in [-0.39, 0.29) is 12.7 Å². The molecule has 4 heteroatoms. The third-order valence-electron chi connectivity index (χ3n) is 1.84. The fourth-order valence-electron chi connectivity index (χ4n) is 1.29. The fourth-order valence-corrected chi connectivity index (χ4v) is 1.29. The standard InChI is InChI=1S/C7H9O4/c8-7-10-4-6(11-7)5-2-1-3-9-5/h5H,1-4H2. The maximum absolute atomic E-state index is 10.5. The molecule has 2 rings (SSSR count). The molecule has 0 saturated carbocycles. The Morgan fingerprint density at radius 1 is 1.45 bits per heavy atom. The van der Waals surface area contributed by atoms with Gasteiger partial charge < -0.3 is 14.2 Å². The Balaban J connectivity index is 1.90. The van der Waals surface area contributed by atoms with Crippen LogP contribution in [0.15, 0.2) is 0 Å². The van der Waals surface area contributed by atoms with Crippen molar-refractivity contribution in [3.63, 3.8) is 0 Å². The third kappa shape index (κ3) is 1.30. The molecule has 11 heavy (non-hydrogen) atoms. The number of ether oxygens (including phenoxy) is 3. The van der Waals surface area contributed by atoms with Crippen molar-refractivity contribution in [3.05, 3.63) is 6.10 Å². The van der Waals surface area contributed by atoms with Gasteiger partial charge in [0.15, 0.2) is 0 Å². The van der Waals surface area contributed by atoms with Crippen molar-refractivity contribution >= 4 is 6.16 Å². The van der Waals surface area contributed by atoms with Gasteiger partial charge in [-0.25, -0.2) is 4.79 Å². The zero-order chi connectivity index (χ0) is 7.68. The van der Waals surface area contributed by atoms with Crippen LogP contribution in [-0.4, -0.2) is 25.5 Å². The molecule has 1 unspecified atom stereocenters. The first kappa shape index (κ1) is 6.91. The summed E-state index contributed by atoms with van der Waals surface area (Å²) in [5, 5.41) is 0. The molecule has 2 aliphatic rings. The molecule has 0 spiro atoms. The summed E-state index contributed by atoms with van der Waals surface area (Å²) in [7, 11) is 0. The van der Waals surface area contributed by atoms with Crippen LogP contribution in [0.4, 0.5) is 4.79 Å². The Morgan fingerprint density at radius 3 is 2.91 bits per heavy atom. The lowest BCUT2D eigenvalue weighted by atomic mass is 10.1. The van der Waals surface area contributed by atoms with E-state index in [1.54, 1.807) is 0 Å². The summed E-state index contributed by atoms with van der Waals surface area (Å²) in [5.41, 5.74) is 0. The number of hydrogen-bond acceptors (Lipinski definition) is 4. The van der Waals surface area contributed by atoms with Crippen LogP contribution in [0.3, 0.4) is 0 Å². The normalized spacial score (nSPS) is 32.0. The minimum atomic E-state index is -0.601. The van der Waals surface area contributed by atoms with Crippen molar-refractivity contribution in [2.24, 2.45) is 0 Å². The summed E-state index contributed by atoms with van der Waals surface area (Å²) in [5.74, 6) is 0. The van der Waals surface area contributed by atoms with E-state index in [0.29, 0.717) is 6.10 Å². The van der Waals surface area contributed by atoms with Crippen LogP contribution < -0.4 is 0 Å². The van der Waals surface area contributed by atoms with E-state index in [1.807, 2.05) is 0 Å². The van der Waals surface area contributed by atoms with Gasteiger partial charge in [-0.15, -0.1) is 0 Å². The second-order valence-corrected chi connectivity index (χ2v) is 2.61. The first-order valence-corrected chi connectivity index (χ1v) is 3.68. The topological polar surface area (TPSA) is 44.8 Å². The average Bonchev–Trinajstić information content (AvgIpc) is 2.55. The highest BCUT2D eigenvalue weighted by Gasteiger charge is 2.36. The largest absolute Gasteiger partial charge is 0.509 e. The zero-order valence-corrected chi connectivity index (χ0v) is 6.04. The summed E-state index contributed by atoms with van der Waals surface area (Å²) in [6.45, 7) is 1.02. The molecule has 0 aromatic carbocycles. The van der Waals surface area contributed by atoms with E-state index < -0.39 is 6.16 Å². The number of hydrogen-bond donors (Lipinski definition) is 0. The predicted octanol–water partition coefficient (Wildman–Crippen LogP) is 0.864. The molecule has 61 valence electrons. The molecule has 1 radical (unpaired) electrons. The Bertz CT molecular complexity index is 162. The molecule has 0 bridgehead atoms. The molecule has 0 N–H and O–H groups in total. The Labute approximate surface area is 64.4 Å². The van der Waals surface area contributed by atoms with Gasteiger partial charge in [0.25, 0.3) is 0 Å². The lowest BCUT2D eigenvalue weighted by Crippen LogP contribution is -2.18. The summed E-state index contributed by atoms with van der Waals surface area (Å²) in [4.78, 5) is 10.5. The van der Waals surface area contributed by atoms with Crippen LogP contribution >= 0.6 is 0 Å². The minimum Gasteiger partial charge on any atom is -0.430 e. The predicted molar refractivity (Wildman–Crippen MR) is 34.6 cm³/mol. The van der Waals surface area contributed by atoms with Crippen molar-refractivity contribution in [2.45, 2.75) is 18.9 Å². The van der Waals surface area contributed by atoms with Gasteiger partial charge in [-0.2, -0.15) is 0 Å². The molecular weight excluding hydrogens is 148 g/mol. The first-order chi connectivity index (χ1) is 5.36. The van der Waals surface area contributed by atoms with Gasteiger partial charge >= 0.3 is 6.16 Å². The van der Waals surface area contributed by atoms with E-state index in [2.05, 4.69) is 4.74 Å². The van der Waals surface area contributed by atoms with E-state index >= 15 is 0 Å². The SMILES string of the molecule is O=C1OC[C](C2CCCO2)O1. The molecule has 0 aromatic heterocycles. The quantitative estimate of drug-likeness (QED) is 0.529. The van der Waals surface area contributed by atoms with Crippen molar-refractivity contribution < 1.29 is 19.0 Å². The van der Waals surface area contributed by atoms with Crippen LogP contribution in [0.1, 0.15) is 12.8 Å². The number of cyclic esters (lactones) is 2. The number of carbonyl (C=O) groups is 1. The van der Waals surface area contributed by atoms with Gasteiger partial charge in [-0.1, -0.05) is 0 Å². The van der Waals surface area contributed by atoms with E-state index in [0.717, 1.165) is 19.4 Å². The maximum atomic E-state index is 10.5. The first-order valence-electron chi connectivity index (χ1n) is 3.68. The molecular formula is C7H9O4. The minimum absolute atomic E-state index is 0.0125. The van der Waals surface area contributed by atoms with Gasteiger partial charge in [-0.3, -0.25) is 0 Å². The van der Waals surface area contributed by atoms with E-state index in [4.69, 9.17) is 9.47 Å². The Morgan fingerprint density at radius 2 is 2.36 bits per heavy atom. The number of rotatable bonds is 1. The van der Waals surface area contributed by atoms with Gasteiger partial charge in [-0.05, 0) is 12.8 Å². The molecule has 4 nitrogen and oxygen atoms in total. The Kier molecular flexibility index (Phi) is 1.69. The van der Waals surface area contributed by atoms with Crippen LogP contribution in [0.2, 0.25) is 0 Å². The third-order valence-corrected chi connectivity index (χ3v) is 1.84. The van der Waals surface area contributed by atoms with Crippen LogP contribution in [0.5, 0.6) is 0 Å². The smallest absolute Gasteiger partial charge is 0.430 e. The van der Waals surface area contributed by atoms with E-state index in [9.17, 15) is 4.79 Å². The summed E-state index contributed by atoms with van der Waals surface area (Å²) >= 11 is 0. The highest BCUT2D eigenvalue weighted by Crippen LogP contribution is 2.27. The second kappa shape index (κ2) is 2.70. The highest BCUT2D eigenvalue weighted by molar-refractivity contribution is 5.63. The van der Waals surface area contributed by atoms with Gasteiger partial charge in [0.05, 0.1) is 0 Å². The van der Waals surface area contributed by atoms with Gasteiger partial charge in [0.2, 0.25) is 6.10 Å². The average molecular weight is 157 g/mol. The van der Waals surface area contributed by atoms with Gasteiger partial charge in [0.1, 0.15) is 12.7 Å². The fraction of sp³-hybridized carbons (Fsp3) is 0.714. The summed E-state index contributed by atoms with van der Waals surface area (Å²) in [6.07, 6.45) is 1.99. The zero-order valence-electron chi connectivity index (χ0n) is 6.04. The second-order valence-electron chi connectivity index (χ2n) is 2.61. The van der Waals surface area contributed by atoms with E-state index in [1.165, 1.54) is 0 Å². The highest BCUT2D eigenvalue weighted by atomic mass is 16.8. The van der Waals surface area contributed by atoms with Crippen molar-refractivity contribution in [1.29, 1.82) is 0 Å².